The second kappa shape index (κ2) is 4.98. The number of nitrogens with one attached hydrogen (secondary N) is 1. The summed E-state index contributed by atoms with van der Waals surface area (Å²) in [7, 11) is 1.74. The number of nitrogen functional groups attached to an aromatic ring is 1. The van der Waals surface area contributed by atoms with Gasteiger partial charge in [-0.25, -0.2) is 4.57 Å². The first-order valence-electron chi connectivity index (χ1n) is 5.96. The van der Waals surface area contributed by atoms with E-state index in [-0.39, 0.29) is 30.4 Å². The monoisotopic (exact) mass is 268 g/mol. The number of H-pyrrole nitrogens is 1. The lowest BCUT2D eigenvalue weighted by atomic mass is 10.4. The summed E-state index contributed by atoms with van der Waals surface area (Å²) >= 11 is 0. The molecule has 2 aromatic rings. The van der Waals surface area contributed by atoms with Crippen LogP contribution >= 0.6 is 0 Å². The van der Waals surface area contributed by atoms with E-state index in [1.165, 1.54) is 0 Å². The number of nitrogens with two attached hydrogens (primary N) is 1. The molecule has 8 heteroatoms. The van der Waals surface area contributed by atoms with Gasteiger partial charge in [-0.05, 0) is 13.8 Å². The van der Waals surface area contributed by atoms with E-state index in [0.29, 0.717) is 11.2 Å². The molecule has 0 saturated heterocycles. The number of hydrogen-bond acceptors (Lipinski definition) is 5. The van der Waals surface area contributed by atoms with Gasteiger partial charge in [0, 0.05) is 0 Å². The molecule has 0 bridgehead atoms. The minimum atomic E-state index is -0.375. The Bertz CT molecular complexity index is 648. The van der Waals surface area contributed by atoms with E-state index in [0.717, 1.165) is 0 Å². The summed E-state index contributed by atoms with van der Waals surface area (Å²) in [4.78, 5) is 18.4. The van der Waals surface area contributed by atoms with E-state index >= 15 is 0 Å². The first-order valence-corrected chi connectivity index (χ1v) is 5.96. The van der Waals surface area contributed by atoms with Gasteiger partial charge in [0.2, 0.25) is 5.52 Å². The summed E-state index contributed by atoms with van der Waals surface area (Å²) in [5.74, 6) is 0.0554. The number of nitrogens with zero attached hydrogens (tertiary/aromatic N) is 3. The van der Waals surface area contributed by atoms with Crippen molar-refractivity contribution in [2.45, 2.75) is 26.2 Å². The van der Waals surface area contributed by atoms with E-state index < -0.39 is 0 Å². The van der Waals surface area contributed by atoms with E-state index in [1.54, 1.807) is 29.4 Å². The molecule has 4 N–H and O–H groups in total. The van der Waals surface area contributed by atoms with Crippen LogP contribution in [0, 0.1) is 0 Å². The molecule has 0 saturated carbocycles. The molecule has 104 valence electrons. The normalized spacial score (nSPS) is 14.7. The van der Waals surface area contributed by atoms with Crippen LogP contribution in [0.4, 0.5) is 5.95 Å². The Morgan fingerprint density at radius 3 is 2.95 bits per heavy atom. The summed E-state index contributed by atoms with van der Waals surface area (Å²) < 4.78 is 8.95. The van der Waals surface area contributed by atoms with Gasteiger partial charge in [0.1, 0.15) is 0 Å². The van der Waals surface area contributed by atoms with E-state index in [1.807, 2.05) is 6.92 Å². The fraction of sp³-hybridized carbons (Fsp3) is 0.545. The summed E-state index contributed by atoms with van der Waals surface area (Å²) in [6.45, 7) is 3.49. The zero-order valence-corrected chi connectivity index (χ0v) is 11.1. The molecule has 0 unspecified atom stereocenters. The van der Waals surface area contributed by atoms with Gasteiger partial charge in [0.25, 0.3) is 11.5 Å². The fourth-order valence-corrected chi connectivity index (χ4v) is 1.98. The fourth-order valence-electron chi connectivity index (χ4n) is 1.98. The first-order chi connectivity index (χ1) is 8.93. The van der Waals surface area contributed by atoms with Crippen molar-refractivity contribution in [3.05, 3.63) is 16.7 Å². The van der Waals surface area contributed by atoms with Crippen LogP contribution in [0.5, 0.6) is 0 Å². The second-order valence-corrected chi connectivity index (χ2v) is 4.49. The van der Waals surface area contributed by atoms with Crippen molar-refractivity contribution < 1.29 is 14.4 Å². The summed E-state index contributed by atoms with van der Waals surface area (Å²) in [5.41, 5.74) is 6.12. The Morgan fingerprint density at radius 2 is 2.32 bits per heavy atom. The number of aliphatic hydroxyl groups excluding tert-OH is 1. The van der Waals surface area contributed by atoms with Gasteiger partial charge in [-0.3, -0.25) is 14.3 Å². The zero-order valence-electron chi connectivity index (χ0n) is 11.1. The lowest BCUT2D eigenvalue weighted by molar-refractivity contribution is -0.740. The van der Waals surface area contributed by atoms with Crippen LogP contribution in [0.15, 0.2) is 11.1 Å². The van der Waals surface area contributed by atoms with Crippen LogP contribution in [0.2, 0.25) is 0 Å². The molecule has 0 aromatic carbocycles. The van der Waals surface area contributed by atoms with Crippen LogP contribution in [0.25, 0.3) is 11.2 Å². The van der Waals surface area contributed by atoms with Crippen LogP contribution in [-0.2, 0) is 11.8 Å². The third-order valence-electron chi connectivity index (χ3n) is 2.87. The topological polar surface area (TPSA) is 110 Å². The lowest BCUT2D eigenvalue weighted by Crippen LogP contribution is -2.41. The third kappa shape index (κ3) is 2.45. The summed E-state index contributed by atoms with van der Waals surface area (Å²) in [6, 6.07) is 0. The van der Waals surface area contributed by atoms with Gasteiger partial charge in [0.05, 0.1) is 19.8 Å². The predicted octanol–water partition coefficient (Wildman–Crippen LogP) is -0.953. The van der Waals surface area contributed by atoms with Crippen molar-refractivity contribution in [2.75, 3.05) is 12.3 Å². The number of rotatable bonds is 4. The summed E-state index contributed by atoms with van der Waals surface area (Å²) in [5, 5.41) is 9.01. The van der Waals surface area contributed by atoms with E-state index in [9.17, 15) is 4.79 Å². The van der Waals surface area contributed by atoms with Crippen molar-refractivity contribution in [1.29, 1.82) is 0 Å². The highest BCUT2D eigenvalue weighted by Crippen LogP contribution is 2.09. The Morgan fingerprint density at radius 1 is 1.63 bits per heavy atom. The molecule has 0 fully saturated rings. The van der Waals surface area contributed by atoms with Gasteiger partial charge < -0.3 is 15.6 Å². The minimum absolute atomic E-state index is 0.0554. The van der Waals surface area contributed by atoms with Gasteiger partial charge in [0.15, 0.2) is 12.6 Å². The number of anilines is 1. The number of hydrogen-bond donors (Lipinski definition) is 3. The largest absolute Gasteiger partial charge is 0.394 e. The van der Waals surface area contributed by atoms with Crippen LogP contribution in [-0.4, -0.2) is 32.4 Å². The molecule has 2 atom stereocenters. The van der Waals surface area contributed by atoms with Crippen molar-refractivity contribution in [1.82, 2.24) is 14.5 Å². The van der Waals surface area contributed by atoms with Gasteiger partial charge in [-0.2, -0.15) is 0 Å². The quantitative estimate of drug-likeness (QED) is 0.619. The molecule has 0 spiro atoms. The Kier molecular flexibility index (Phi) is 3.54. The molecular weight excluding hydrogens is 250 g/mol. The van der Waals surface area contributed by atoms with Crippen molar-refractivity contribution in [3.8, 4) is 0 Å². The SMILES string of the molecule is C[C@@H](CO)O[C@H](C)[n+]1cn(C)c2c(=O)[nH]c(N)nc21. The number of imidazole rings is 1. The molecular formula is C11H18N5O3+. The van der Waals surface area contributed by atoms with Crippen LogP contribution < -0.4 is 15.9 Å². The maximum atomic E-state index is 11.8. The zero-order chi connectivity index (χ0) is 14.2. The number of aromatic amines is 1. The van der Waals surface area contributed by atoms with Crippen LogP contribution in [0.1, 0.15) is 20.1 Å². The van der Waals surface area contributed by atoms with E-state index in [2.05, 4.69) is 9.97 Å². The highest BCUT2D eigenvalue weighted by molar-refractivity contribution is 5.66. The molecule has 0 radical (unpaired) electrons. The van der Waals surface area contributed by atoms with Gasteiger partial charge in [-0.1, -0.05) is 4.98 Å². The molecule has 8 nitrogen and oxygen atoms in total. The molecule has 19 heavy (non-hydrogen) atoms. The van der Waals surface area contributed by atoms with Gasteiger partial charge in [-0.15, -0.1) is 0 Å². The lowest BCUT2D eigenvalue weighted by Gasteiger charge is -2.15. The summed E-state index contributed by atoms with van der Waals surface area (Å²) in [6.07, 6.45) is 1.03. The Balaban J connectivity index is 2.52. The molecule has 2 rings (SSSR count). The molecule has 0 aliphatic rings. The number of aryl methyl sites for hydroxylation is 1. The standard InChI is InChI=1S/C11H17N5O3/c1-6(4-17)19-7(2)16-5-15(3)8-9(16)13-11(12)14-10(8)18/h5-7,17H,4H2,1-3H3,(H2-,12,13,14,18)/p+1/t6-,7+/m0/s1. The third-order valence-corrected chi connectivity index (χ3v) is 2.87. The van der Waals surface area contributed by atoms with Crippen LogP contribution in [0.3, 0.4) is 0 Å². The molecule has 2 aromatic heterocycles. The Labute approximate surface area is 109 Å². The number of aliphatic hydroxyl groups is 1. The number of aromatic nitrogens is 4. The highest BCUT2D eigenvalue weighted by Gasteiger charge is 2.24. The first kappa shape index (κ1) is 13.5. The smallest absolute Gasteiger partial charge is 0.313 e. The van der Waals surface area contributed by atoms with Gasteiger partial charge >= 0.3 is 5.65 Å². The minimum Gasteiger partial charge on any atom is -0.394 e. The average molecular weight is 268 g/mol. The predicted molar refractivity (Wildman–Crippen MR) is 68.3 cm³/mol. The molecule has 0 aliphatic heterocycles. The maximum absolute atomic E-state index is 11.8. The van der Waals surface area contributed by atoms with E-state index in [4.69, 9.17) is 15.6 Å². The second-order valence-electron chi connectivity index (χ2n) is 4.49. The highest BCUT2D eigenvalue weighted by atomic mass is 16.5. The average Bonchev–Trinajstić information content (AvgIpc) is 2.66. The molecule has 0 amide bonds. The van der Waals surface area contributed by atoms with Crippen molar-refractivity contribution >= 4 is 17.1 Å². The Hall–Kier alpha value is -1.93. The van der Waals surface area contributed by atoms with Crippen molar-refractivity contribution in [2.24, 2.45) is 7.05 Å². The number of fused-ring (bicyclic) bond motifs is 1. The van der Waals surface area contributed by atoms with Crippen molar-refractivity contribution in [3.63, 3.8) is 0 Å². The molecule has 2 heterocycles. The molecule has 0 aliphatic carbocycles. The maximum Gasteiger partial charge on any atom is 0.313 e. The number of ether oxygens (including phenoxy) is 1.